The molecular weight excluding hydrogens is 212 g/mol. The van der Waals surface area contributed by atoms with E-state index in [0.29, 0.717) is 17.0 Å². The zero-order valence-electron chi connectivity index (χ0n) is 9.04. The zero-order valence-corrected chi connectivity index (χ0v) is 9.86. The third kappa shape index (κ3) is 3.28. The Morgan fingerprint density at radius 2 is 2.27 bits per heavy atom. The molecule has 0 unspecified atom stereocenters. The molecule has 15 heavy (non-hydrogen) atoms. The first-order valence-corrected chi connectivity index (χ1v) is 5.93. The lowest BCUT2D eigenvalue weighted by atomic mass is 10.3. The van der Waals surface area contributed by atoms with Crippen LogP contribution in [0.3, 0.4) is 0 Å². The summed E-state index contributed by atoms with van der Waals surface area (Å²) >= 11 is 1.29. The Hall–Kier alpha value is -0.940. The smallest absolute Gasteiger partial charge is 0.347 e. The molecule has 0 aliphatic heterocycles. The van der Waals surface area contributed by atoms with Gasteiger partial charge in [-0.15, -0.1) is 11.3 Å². The maximum absolute atomic E-state index is 10.9. The lowest BCUT2D eigenvalue weighted by molar-refractivity contribution is 0.0701. The summed E-state index contributed by atoms with van der Waals surface area (Å²) in [5.41, 5.74) is 0.707. The Kier molecular flexibility index (Phi) is 4.71. The number of hydrogen-bond acceptors (Lipinski definition) is 4. The van der Waals surface area contributed by atoms with E-state index in [0.717, 1.165) is 24.5 Å². The molecule has 1 aromatic heterocycles. The van der Waals surface area contributed by atoms with Crippen LogP contribution < -0.4 is 5.32 Å². The van der Waals surface area contributed by atoms with Crippen molar-refractivity contribution in [2.24, 2.45) is 0 Å². The maximum Gasteiger partial charge on any atom is 0.347 e. The van der Waals surface area contributed by atoms with E-state index in [2.05, 4.69) is 10.3 Å². The summed E-state index contributed by atoms with van der Waals surface area (Å²) in [6.45, 7) is 5.75. The van der Waals surface area contributed by atoms with Crippen molar-refractivity contribution in [3.05, 3.63) is 15.6 Å². The van der Waals surface area contributed by atoms with Gasteiger partial charge in [-0.1, -0.05) is 13.8 Å². The fraction of sp³-hybridized carbons (Fsp3) is 0.600. The van der Waals surface area contributed by atoms with Crippen LogP contribution in [0.1, 0.15) is 34.2 Å². The predicted molar refractivity (Wildman–Crippen MR) is 60.7 cm³/mol. The Labute approximate surface area is 93.4 Å². The molecule has 0 fully saturated rings. The van der Waals surface area contributed by atoms with Crippen molar-refractivity contribution in [2.45, 2.75) is 26.7 Å². The number of carboxylic acid groups (broad SMARTS) is 1. The van der Waals surface area contributed by atoms with Crippen LogP contribution in [-0.4, -0.2) is 29.1 Å². The van der Waals surface area contributed by atoms with Crippen LogP contribution in [0.15, 0.2) is 0 Å². The fourth-order valence-corrected chi connectivity index (χ4v) is 2.28. The van der Waals surface area contributed by atoms with Crippen LogP contribution in [0.2, 0.25) is 0 Å². The van der Waals surface area contributed by atoms with Gasteiger partial charge in [0.1, 0.15) is 4.88 Å². The van der Waals surface area contributed by atoms with Crippen molar-refractivity contribution in [2.75, 3.05) is 13.1 Å². The molecular formula is C10H16N2O2S. The van der Waals surface area contributed by atoms with Crippen molar-refractivity contribution in [3.8, 4) is 0 Å². The molecule has 1 aromatic rings. The second kappa shape index (κ2) is 5.82. The minimum absolute atomic E-state index is 0.393. The van der Waals surface area contributed by atoms with Gasteiger partial charge in [-0.25, -0.2) is 9.78 Å². The number of hydrogen-bond donors (Lipinski definition) is 2. The number of likely N-dealkylation sites (N-methyl/N-ethyl adjacent to an activating group) is 1. The zero-order chi connectivity index (χ0) is 11.3. The number of carbonyl (C=O) groups is 1. The molecule has 0 aromatic carbocycles. The number of thiazole rings is 1. The van der Waals surface area contributed by atoms with Crippen molar-refractivity contribution >= 4 is 17.3 Å². The Morgan fingerprint density at radius 1 is 1.53 bits per heavy atom. The van der Waals surface area contributed by atoms with Crippen molar-refractivity contribution in [1.82, 2.24) is 10.3 Å². The highest BCUT2D eigenvalue weighted by atomic mass is 32.1. The highest BCUT2D eigenvalue weighted by Crippen LogP contribution is 2.19. The molecule has 0 radical (unpaired) electrons. The van der Waals surface area contributed by atoms with Gasteiger partial charge in [0.2, 0.25) is 0 Å². The van der Waals surface area contributed by atoms with Crippen molar-refractivity contribution in [3.63, 3.8) is 0 Å². The SMILES string of the molecule is CCNCCc1nc(CC)c(C(=O)O)s1. The molecule has 84 valence electrons. The number of carboxylic acids is 1. The van der Waals surface area contributed by atoms with Gasteiger partial charge < -0.3 is 10.4 Å². The molecule has 4 nitrogen and oxygen atoms in total. The van der Waals surface area contributed by atoms with Crippen molar-refractivity contribution < 1.29 is 9.90 Å². The number of rotatable bonds is 6. The lowest BCUT2D eigenvalue weighted by Crippen LogP contribution is -2.15. The van der Waals surface area contributed by atoms with Gasteiger partial charge in [-0.05, 0) is 13.0 Å². The van der Waals surface area contributed by atoms with E-state index < -0.39 is 5.97 Å². The molecule has 1 heterocycles. The number of nitrogens with one attached hydrogen (secondary N) is 1. The first kappa shape index (κ1) is 12.1. The minimum Gasteiger partial charge on any atom is -0.477 e. The van der Waals surface area contributed by atoms with Gasteiger partial charge in [0.25, 0.3) is 0 Å². The van der Waals surface area contributed by atoms with Crippen LogP contribution in [0, 0.1) is 0 Å². The van der Waals surface area contributed by atoms with Gasteiger partial charge in [-0.2, -0.15) is 0 Å². The molecule has 0 atom stereocenters. The fourth-order valence-electron chi connectivity index (χ4n) is 1.29. The molecule has 0 spiro atoms. The van der Waals surface area contributed by atoms with Crippen LogP contribution in [0.5, 0.6) is 0 Å². The van der Waals surface area contributed by atoms with Gasteiger partial charge >= 0.3 is 5.97 Å². The van der Waals surface area contributed by atoms with Crippen LogP contribution >= 0.6 is 11.3 Å². The second-order valence-electron chi connectivity index (χ2n) is 3.15. The first-order chi connectivity index (χ1) is 7.19. The number of nitrogens with zero attached hydrogens (tertiary/aromatic N) is 1. The lowest BCUT2D eigenvalue weighted by Gasteiger charge is -1.96. The van der Waals surface area contributed by atoms with E-state index in [1.165, 1.54) is 11.3 Å². The number of aromatic carboxylic acids is 1. The highest BCUT2D eigenvalue weighted by molar-refractivity contribution is 7.13. The van der Waals surface area contributed by atoms with E-state index in [1.54, 1.807) is 0 Å². The normalized spacial score (nSPS) is 10.5. The summed E-state index contributed by atoms with van der Waals surface area (Å²) in [4.78, 5) is 15.6. The highest BCUT2D eigenvalue weighted by Gasteiger charge is 2.15. The molecule has 0 aliphatic rings. The number of aryl methyl sites for hydroxylation is 1. The molecule has 0 bridgehead atoms. The summed E-state index contributed by atoms with van der Waals surface area (Å²) in [5, 5.41) is 13.0. The topological polar surface area (TPSA) is 62.2 Å². The average Bonchev–Trinajstić information content (AvgIpc) is 2.62. The van der Waals surface area contributed by atoms with E-state index in [-0.39, 0.29) is 0 Å². The predicted octanol–water partition coefficient (Wildman–Crippen LogP) is 1.56. The third-order valence-corrected chi connectivity index (χ3v) is 3.18. The Morgan fingerprint density at radius 3 is 2.73 bits per heavy atom. The van der Waals surface area contributed by atoms with Crippen LogP contribution in [-0.2, 0) is 12.8 Å². The number of aromatic nitrogens is 1. The Bertz CT molecular complexity index is 336. The summed E-state index contributed by atoms with van der Waals surface area (Å²) in [6, 6.07) is 0. The largest absolute Gasteiger partial charge is 0.477 e. The van der Waals surface area contributed by atoms with Gasteiger partial charge in [0.05, 0.1) is 10.7 Å². The van der Waals surface area contributed by atoms with E-state index in [4.69, 9.17) is 5.11 Å². The Balaban J connectivity index is 2.70. The molecule has 1 rings (SSSR count). The monoisotopic (exact) mass is 228 g/mol. The standard InChI is InChI=1S/C10H16N2O2S/c1-3-7-9(10(13)14)15-8(12-7)5-6-11-4-2/h11H,3-6H2,1-2H3,(H,13,14). The molecule has 0 saturated carbocycles. The summed E-state index contributed by atoms with van der Waals surface area (Å²) < 4.78 is 0. The van der Waals surface area contributed by atoms with Gasteiger partial charge in [0.15, 0.2) is 0 Å². The molecule has 0 aliphatic carbocycles. The molecule has 2 N–H and O–H groups in total. The van der Waals surface area contributed by atoms with E-state index in [1.807, 2.05) is 13.8 Å². The third-order valence-electron chi connectivity index (χ3n) is 2.04. The van der Waals surface area contributed by atoms with Gasteiger partial charge in [0, 0.05) is 13.0 Å². The minimum atomic E-state index is -0.862. The molecule has 5 heteroatoms. The summed E-state index contributed by atoms with van der Waals surface area (Å²) in [6.07, 6.45) is 1.48. The second-order valence-corrected chi connectivity index (χ2v) is 4.23. The first-order valence-electron chi connectivity index (χ1n) is 5.11. The summed E-state index contributed by atoms with van der Waals surface area (Å²) in [5.74, 6) is -0.862. The average molecular weight is 228 g/mol. The molecule has 0 amide bonds. The van der Waals surface area contributed by atoms with Crippen molar-refractivity contribution in [1.29, 1.82) is 0 Å². The molecule has 0 saturated heterocycles. The quantitative estimate of drug-likeness (QED) is 0.725. The van der Waals surface area contributed by atoms with Crippen LogP contribution in [0.25, 0.3) is 0 Å². The van der Waals surface area contributed by atoms with Crippen LogP contribution in [0.4, 0.5) is 0 Å². The van der Waals surface area contributed by atoms with E-state index in [9.17, 15) is 4.79 Å². The van der Waals surface area contributed by atoms with Gasteiger partial charge in [-0.3, -0.25) is 0 Å². The summed E-state index contributed by atoms with van der Waals surface area (Å²) in [7, 11) is 0. The van der Waals surface area contributed by atoms with E-state index >= 15 is 0 Å². The maximum atomic E-state index is 10.9.